The first kappa shape index (κ1) is 15.0. The van der Waals surface area contributed by atoms with Crippen LogP contribution in [0.4, 0.5) is 0 Å². The highest BCUT2D eigenvalue weighted by molar-refractivity contribution is 5.94. The van der Waals surface area contributed by atoms with Crippen molar-refractivity contribution in [3.8, 4) is 0 Å². The van der Waals surface area contributed by atoms with Crippen LogP contribution in [0.25, 0.3) is 0 Å². The molecule has 2 heterocycles. The molecule has 0 radical (unpaired) electrons. The van der Waals surface area contributed by atoms with Gasteiger partial charge in [-0.05, 0) is 59.0 Å². The van der Waals surface area contributed by atoms with Gasteiger partial charge >= 0.3 is 0 Å². The summed E-state index contributed by atoms with van der Waals surface area (Å²) in [6, 6.07) is 0. The lowest BCUT2D eigenvalue weighted by atomic mass is 9.90. The highest BCUT2D eigenvalue weighted by Crippen LogP contribution is 2.37. The third-order valence-electron chi connectivity index (χ3n) is 5.06. The number of ether oxygens (including phenoxy) is 1. The van der Waals surface area contributed by atoms with Gasteiger partial charge in [0.1, 0.15) is 0 Å². The van der Waals surface area contributed by atoms with Gasteiger partial charge in [-0.25, -0.2) is 0 Å². The van der Waals surface area contributed by atoms with E-state index in [0.717, 1.165) is 63.7 Å². The third kappa shape index (κ3) is 3.32. The Morgan fingerprint density at radius 1 is 1.43 bits per heavy atom. The molecule has 0 unspecified atom stereocenters. The molecule has 3 rings (SSSR count). The SMILES string of the molecule is CN(C)C[C@H]1CCC[C@]2(CCN(C(=O)C3=CCCC3)C2)O1. The van der Waals surface area contributed by atoms with Gasteiger partial charge in [0.15, 0.2) is 0 Å². The van der Waals surface area contributed by atoms with Gasteiger partial charge in [0.05, 0.1) is 18.2 Å². The smallest absolute Gasteiger partial charge is 0.249 e. The summed E-state index contributed by atoms with van der Waals surface area (Å²) in [5.74, 6) is 0.266. The van der Waals surface area contributed by atoms with E-state index < -0.39 is 0 Å². The molecular formula is C17H28N2O2. The van der Waals surface area contributed by atoms with E-state index in [1.165, 1.54) is 6.42 Å². The maximum Gasteiger partial charge on any atom is 0.249 e. The maximum atomic E-state index is 12.5. The lowest BCUT2D eigenvalue weighted by molar-refractivity contribution is -0.137. The second-order valence-electron chi connectivity index (χ2n) is 7.18. The van der Waals surface area contributed by atoms with Gasteiger partial charge in [-0.1, -0.05) is 6.08 Å². The van der Waals surface area contributed by atoms with E-state index >= 15 is 0 Å². The van der Waals surface area contributed by atoms with Crippen LogP contribution in [0.15, 0.2) is 11.6 Å². The average molecular weight is 292 g/mol. The molecule has 1 amide bonds. The number of rotatable bonds is 3. The van der Waals surface area contributed by atoms with E-state index in [-0.39, 0.29) is 11.5 Å². The number of nitrogens with zero attached hydrogens (tertiary/aromatic N) is 2. The topological polar surface area (TPSA) is 32.8 Å². The molecule has 0 aromatic heterocycles. The molecule has 4 nitrogen and oxygen atoms in total. The van der Waals surface area contributed by atoms with Crippen molar-refractivity contribution in [2.45, 2.75) is 56.7 Å². The van der Waals surface area contributed by atoms with Crippen LogP contribution in [0.5, 0.6) is 0 Å². The molecule has 4 heteroatoms. The molecule has 2 aliphatic heterocycles. The summed E-state index contributed by atoms with van der Waals surface area (Å²) >= 11 is 0. The number of amides is 1. The normalized spacial score (nSPS) is 33.0. The summed E-state index contributed by atoms with van der Waals surface area (Å²) in [4.78, 5) is 16.8. The summed E-state index contributed by atoms with van der Waals surface area (Å²) in [7, 11) is 4.20. The molecule has 2 fully saturated rings. The van der Waals surface area contributed by atoms with E-state index in [4.69, 9.17) is 4.74 Å². The molecule has 2 saturated heterocycles. The molecule has 0 bridgehead atoms. The first-order valence-corrected chi connectivity index (χ1v) is 8.39. The van der Waals surface area contributed by atoms with Gasteiger partial charge in [0.25, 0.3) is 0 Å². The van der Waals surface area contributed by atoms with Crippen LogP contribution in [0, 0.1) is 0 Å². The van der Waals surface area contributed by atoms with Gasteiger partial charge in [0, 0.05) is 18.7 Å². The second kappa shape index (κ2) is 6.09. The summed E-state index contributed by atoms with van der Waals surface area (Å²) in [6.45, 7) is 2.65. The monoisotopic (exact) mass is 292 g/mol. The number of likely N-dealkylation sites (tertiary alicyclic amines) is 1. The zero-order valence-electron chi connectivity index (χ0n) is 13.4. The van der Waals surface area contributed by atoms with E-state index in [2.05, 4.69) is 25.1 Å². The number of carbonyl (C=O) groups is 1. The minimum absolute atomic E-state index is 0.0618. The number of allylic oxidation sites excluding steroid dienone is 1. The van der Waals surface area contributed by atoms with Crippen LogP contribution in [-0.4, -0.2) is 61.1 Å². The van der Waals surface area contributed by atoms with Crippen molar-refractivity contribution < 1.29 is 9.53 Å². The van der Waals surface area contributed by atoms with Crippen LogP contribution in [-0.2, 0) is 9.53 Å². The van der Waals surface area contributed by atoms with Crippen molar-refractivity contribution in [1.82, 2.24) is 9.80 Å². The molecule has 2 atom stereocenters. The van der Waals surface area contributed by atoms with Crippen LogP contribution in [0.1, 0.15) is 44.9 Å². The van der Waals surface area contributed by atoms with E-state index in [1.54, 1.807) is 0 Å². The zero-order valence-corrected chi connectivity index (χ0v) is 13.4. The highest BCUT2D eigenvalue weighted by atomic mass is 16.5. The van der Waals surface area contributed by atoms with E-state index in [0.29, 0.717) is 6.10 Å². The third-order valence-corrected chi connectivity index (χ3v) is 5.06. The predicted molar refractivity (Wildman–Crippen MR) is 83.1 cm³/mol. The Balaban J connectivity index is 1.61. The van der Waals surface area contributed by atoms with Gasteiger partial charge < -0.3 is 14.5 Å². The molecule has 0 aromatic carbocycles. The van der Waals surface area contributed by atoms with Crippen LogP contribution in [0.2, 0.25) is 0 Å². The quantitative estimate of drug-likeness (QED) is 0.799. The molecule has 118 valence electrons. The molecule has 3 aliphatic rings. The molecule has 1 aliphatic carbocycles. The van der Waals surface area contributed by atoms with Crippen molar-refractivity contribution in [2.75, 3.05) is 33.7 Å². The Hall–Kier alpha value is -0.870. The maximum absolute atomic E-state index is 12.5. The molecule has 1 spiro atoms. The number of hydrogen-bond donors (Lipinski definition) is 0. The second-order valence-corrected chi connectivity index (χ2v) is 7.18. The van der Waals surface area contributed by atoms with Crippen LogP contribution < -0.4 is 0 Å². The number of carbonyl (C=O) groups excluding carboxylic acids is 1. The van der Waals surface area contributed by atoms with E-state index in [1.807, 2.05) is 4.90 Å². The standard InChI is InChI=1S/C17H28N2O2/c1-18(2)12-15-8-5-9-17(21-15)10-11-19(13-17)16(20)14-6-3-4-7-14/h6,15H,3-5,7-13H2,1-2H3/t15-,17-/m1/s1. The first-order chi connectivity index (χ1) is 10.1. The van der Waals surface area contributed by atoms with Crippen LogP contribution in [0.3, 0.4) is 0 Å². The zero-order chi connectivity index (χ0) is 14.9. The fourth-order valence-corrected chi connectivity index (χ4v) is 4.05. The molecule has 0 N–H and O–H groups in total. The Morgan fingerprint density at radius 2 is 2.29 bits per heavy atom. The van der Waals surface area contributed by atoms with Crippen molar-refractivity contribution in [3.05, 3.63) is 11.6 Å². The van der Waals surface area contributed by atoms with Crippen LogP contribution >= 0.6 is 0 Å². The Labute approximate surface area is 128 Å². The average Bonchev–Trinajstić information content (AvgIpc) is 3.07. The molecular weight excluding hydrogens is 264 g/mol. The van der Waals surface area contributed by atoms with Crippen molar-refractivity contribution >= 4 is 5.91 Å². The Kier molecular flexibility index (Phi) is 4.36. The van der Waals surface area contributed by atoms with E-state index in [9.17, 15) is 4.79 Å². The Bertz CT molecular complexity index is 433. The largest absolute Gasteiger partial charge is 0.369 e. The molecule has 0 saturated carbocycles. The van der Waals surface area contributed by atoms with Crippen molar-refractivity contribution in [3.63, 3.8) is 0 Å². The first-order valence-electron chi connectivity index (χ1n) is 8.39. The van der Waals surface area contributed by atoms with Gasteiger partial charge in [-0.3, -0.25) is 4.79 Å². The minimum Gasteiger partial charge on any atom is -0.369 e. The Morgan fingerprint density at radius 3 is 3.00 bits per heavy atom. The van der Waals surface area contributed by atoms with Gasteiger partial charge in [-0.2, -0.15) is 0 Å². The number of likely N-dealkylation sites (N-methyl/N-ethyl adjacent to an activating group) is 1. The summed E-state index contributed by atoms with van der Waals surface area (Å²) in [6.07, 6.45) is 10.1. The fourth-order valence-electron chi connectivity index (χ4n) is 4.05. The number of hydrogen-bond acceptors (Lipinski definition) is 3. The summed E-state index contributed by atoms with van der Waals surface area (Å²) < 4.78 is 6.43. The lowest BCUT2D eigenvalue weighted by Crippen LogP contribution is -2.46. The van der Waals surface area contributed by atoms with Crippen molar-refractivity contribution in [2.24, 2.45) is 0 Å². The van der Waals surface area contributed by atoms with Crippen molar-refractivity contribution in [1.29, 1.82) is 0 Å². The lowest BCUT2D eigenvalue weighted by Gasteiger charge is -2.39. The minimum atomic E-state index is -0.0618. The predicted octanol–water partition coefficient (Wildman–Crippen LogP) is 2.20. The highest BCUT2D eigenvalue weighted by Gasteiger charge is 2.44. The fraction of sp³-hybridized carbons (Fsp3) is 0.824. The summed E-state index contributed by atoms with van der Waals surface area (Å²) in [5.41, 5.74) is 0.973. The van der Waals surface area contributed by atoms with Gasteiger partial charge in [0.2, 0.25) is 5.91 Å². The molecule has 0 aromatic rings. The summed E-state index contributed by atoms with van der Waals surface area (Å²) in [5, 5.41) is 0. The van der Waals surface area contributed by atoms with Gasteiger partial charge in [-0.15, -0.1) is 0 Å². The molecule has 21 heavy (non-hydrogen) atoms.